The number of nitrogens with zero attached hydrogens (tertiary/aromatic N) is 3. The Balaban J connectivity index is 1.25. The van der Waals surface area contributed by atoms with Gasteiger partial charge in [0, 0.05) is 34.6 Å². The normalized spacial score (nSPS) is 11.3. The first kappa shape index (κ1) is 23.8. The Morgan fingerprint density at radius 1 is 0.769 bits per heavy atom. The highest BCUT2D eigenvalue weighted by molar-refractivity contribution is 6.12. The van der Waals surface area contributed by atoms with E-state index in [9.17, 15) is 24.6 Å². The molecule has 0 atom stereocenters. The fraction of sp³-hybridized carbons (Fsp3) is 0.0714. The van der Waals surface area contributed by atoms with Crippen molar-refractivity contribution in [3.05, 3.63) is 111 Å². The number of pyridine rings is 2. The van der Waals surface area contributed by atoms with Gasteiger partial charge in [0.05, 0.1) is 16.5 Å². The first-order valence-corrected chi connectivity index (χ1v) is 12.0. The maximum absolute atomic E-state index is 13.1. The van der Waals surface area contributed by atoms with E-state index >= 15 is 0 Å². The molecular weight excluding hydrogens is 500 g/mol. The second-order valence-corrected chi connectivity index (χ2v) is 9.02. The molecule has 4 aromatic heterocycles. The number of fused-ring (bicyclic) bond motifs is 2. The molecule has 0 radical (unpaired) electrons. The fourth-order valence-corrected chi connectivity index (χ4v) is 4.48. The van der Waals surface area contributed by atoms with Crippen molar-refractivity contribution >= 4 is 33.6 Å². The van der Waals surface area contributed by atoms with Gasteiger partial charge in [-0.05, 0) is 54.8 Å². The number of carbonyl (C=O) groups excluding carboxylic acids is 2. The summed E-state index contributed by atoms with van der Waals surface area (Å²) in [6.07, 6.45) is 3.74. The Kier molecular flexibility index (Phi) is 5.72. The van der Waals surface area contributed by atoms with E-state index in [0.717, 1.165) is 11.3 Å². The minimum Gasteiger partial charge on any atom is -0.507 e. The third-order valence-corrected chi connectivity index (χ3v) is 6.56. The topological polar surface area (TPSA) is 178 Å². The second kappa shape index (κ2) is 9.38. The number of phenols is 2. The molecule has 0 saturated heterocycles. The minimum atomic E-state index is -0.465. The predicted octanol–water partition coefficient (Wildman–Crippen LogP) is 3.18. The maximum Gasteiger partial charge on any atom is 0.273 e. The van der Waals surface area contributed by atoms with Crippen molar-refractivity contribution in [2.45, 2.75) is 12.8 Å². The smallest absolute Gasteiger partial charge is 0.273 e. The molecule has 0 aliphatic heterocycles. The molecule has 2 aromatic carbocycles. The van der Waals surface area contributed by atoms with E-state index in [1.165, 1.54) is 30.6 Å². The number of aromatic nitrogens is 6. The standard InChI is InChI=1S/C28H20N6O5/c35-22-4-2-1-3-17(22)24(37)15-10-18-21(31-32-26(18)29-12-15)7-5-14-6-8-23(36)19(9-14)25(38)16-11-20-27(30-13-16)33-34-28(20)39/h1-4,6,8-13,35-36H,5,7H2,(H,29,31,32)(H2,30,33,34,39). The largest absolute Gasteiger partial charge is 0.507 e. The van der Waals surface area contributed by atoms with Gasteiger partial charge in [0.1, 0.15) is 11.5 Å². The number of aromatic hydroxyl groups is 2. The van der Waals surface area contributed by atoms with Gasteiger partial charge in [-0.3, -0.25) is 29.7 Å². The number of aromatic amines is 3. The number of para-hydroxylation sites is 1. The number of benzene rings is 2. The number of phenolic OH excluding ortho intramolecular Hbond substituents is 2. The molecule has 39 heavy (non-hydrogen) atoms. The molecule has 0 amide bonds. The van der Waals surface area contributed by atoms with Crippen LogP contribution in [0.15, 0.2) is 71.8 Å². The van der Waals surface area contributed by atoms with E-state index in [0.29, 0.717) is 35.1 Å². The lowest BCUT2D eigenvalue weighted by Crippen LogP contribution is -2.05. The summed E-state index contributed by atoms with van der Waals surface area (Å²) in [6, 6.07) is 14.2. The summed E-state index contributed by atoms with van der Waals surface area (Å²) < 4.78 is 0. The SMILES string of the molecule is O=C(c1cnc2n[nH]c(CCc3ccc(O)c(C(=O)c4cnc5[nH][nH]c(=O)c5c4)c3)c2c1)c1ccccc1O. The summed E-state index contributed by atoms with van der Waals surface area (Å²) >= 11 is 0. The molecule has 11 heteroatoms. The fourth-order valence-electron chi connectivity index (χ4n) is 4.48. The molecule has 5 N–H and O–H groups in total. The lowest BCUT2D eigenvalue weighted by molar-refractivity contribution is 0.102. The highest BCUT2D eigenvalue weighted by atomic mass is 16.3. The number of rotatable bonds is 7. The Morgan fingerprint density at radius 2 is 1.49 bits per heavy atom. The summed E-state index contributed by atoms with van der Waals surface area (Å²) in [7, 11) is 0. The Bertz CT molecular complexity index is 1970. The lowest BCUT2D eigenvalue weighted by Gasteiger charge is -2.08. The Morgan fingerprint density at radius 3 is 2.31 bits per heavy atom. The van der Waals surface area contributed by atoms with Crippen LogP contribution in [0.2, 0.25) is 0 Å². The van der Waals surface area contributed by atoms with Crippen molar-refractivity contribution in [2.24, 2.45) is 0 Å². The molecule has 0 saturated carbocycles. The average molecular weight is 521 g/mol. The number of nitrogens with one attached hydrogen (secondary N) is 3. The van der Waals surface area contributed by atoms with Crippen molar-refractivity contribution < 1.29 is 19.8 Å². The average Bonchev–Trinajstić information content (AvgIpc) is 3.54. The van der Waals surface area contributed by atoms with E-state index in [4.69, 9.17) is 0 Å². The third-order valence-electron chi connectivity index (χ3n) is 6.56. The van der Waals surface area contributed by atoms with Crippen LogP contribution in [0.3, 0.4) is 0 Å². The number of hydrogen-bond acceptors (Lipinski definition) is 8. The summed E-state index contributed by atoms with van der Waals surface area (Å²) in [5.41, 5.74) is 2.67. The van der Waals surface area contributed by atoms with Crippen molar-refractivity contribution in [2.75, 3.05) is 0 Å². The molecule has 0 fully saturated rings. The number of carbonyl (C=O) groups is 2. The Labute approximate surface area is 219 Å². The van der Waals surface area contributed by atoms with E-state index < -0.39 is 11.3 Å². The Hall–Kier alpha value is -5.58. The van der Waals surface area contributed by atoms with Crippen molar-refractivity contribution in [3.63, 3.8) is 0 Å². The minimum absolute atomic E-state index is 0.0901. The molecule has 6 aromatic rings. The van der Waals surface area contributed by atoms with Gasteiger partial charge in [-0.1, -0.05) is 18.2 Å². The van der Waals surface area contributed by atoms with Gasteiger partial charge in [0.2, 0.25) is 0 Å². The molecule has 4 heterocycles. The van der Waals surface area contributed by atoms with Crippen LogP contribution >= 0.6 is 0 Å². The number of ketones is 2. The van der Waals surface area contributed by atoms with Gasteiger partial charge < -0.3 is 10.2 Å². The summed E-state index contributed by atoms with van der Waals surface area (Å²) in [5, 5.41) is 33.6. The summed E-state index contributed by atoms with van der Waals surface area (Å²) in [6.45, 7) is 0. The zero-order valence-electron chi connectivity index (χ0n) is 20.2. The van der Waals surface area contributed by atoms with Crippen LogP contribution in [0.4, 0.5) is 0 Å². The molecular formula is C28H20N6O5. The van der Waals surface area contributed by atoms with Crippen LogP contribution < -0.4 is 5.56 Å². The highest BCUT2D eigenvalue weighted by Crippen LogP contribution is 2.25. The monoisotopic (exact) mass is 520 g/mol. The van der Waals surface area contributed by atoms with E-state index in [1.54, 1.807) is 36.4 Å². The van der Waals surface area contributed by atoms with Crippen LogP contribution in [-0.4, -0.2) is 52.1 Å². The lowest BCUT2D eigenvalue weighted by atomic mass is 9.98. The van der Waals surface area contributed by atoms with Crippen LogP contribution in [0.25, 0.3) is 22.1 Å². The van der Waals surface area contributed by atoms with Crippen molar-refractivity contribution in [1.29, 1.82) is 0 Å². The maximum atomic E-state index is 13.1. The van der Waals surface area contributed by atoms with Crippen molar-refractivity contribution in [1.82, 2.24) is 30.4 Å². The molecule has 11 nitrogen and oxygen atoms in total. The van der Waals surface area contributed by atoms with Gasteiger partial charge >= 0.3 is 0 Å². The highest BCUT2D eigenvalue weighted by Gasteiger charge is 2.18. The van der Waals surface area contributed by atoms with Gasteiger partial charge in [-0.15, -0.1) is 0 Å². The van der Waals surface area contributed by atoms with Gasteiger partial charge in [-0.2, -0.15) is 5.10 Å². The van der Waals surface area contributed by atoms with E-state index in [1.807, 2.05) is 0 Å². The predicted molar refractivity (Wildman–Crippen MR) is 141 cm³/mol. The summed E-state index contributed by atoms with van der Waals surface area (Å²) in [5.74, 6) is -1.11. The van der Waals surface area contributed by atoms with Crippen LogP contribution in [0, 0.1) is 0 Å². The molecule has 6 rings (SSSR count). The first-order valence-electron chi connectivity index (χ1n) is 12.0. The van der Waals surface area contributed by atoms with Gasteiger partial charge in [-0.25, -0.2) is 9.97 Å². The third kappa shape index (κ3) is 4.31. The van der Waals surface area contributed by atoms with Crippen LogP contribution in [-0.2, 0) is 12.8 Å². The van der Waals surface area contributed by atoms with E-state index in [2.05, 4.69) is 30.4 Å². The van der Waals surface area contributed by atoms with Crippen LogP contribution in [0.1, 0.15) is 43.1 Å². The number of aryl methyl sites for hydroxylation is 2. The summed E-state index contributed by atoms with van der Waals surface area (Å²) in [4.78, 5) is 46.4. The molecule has 192 valence electrons. The molecule has 0 aliphatic rings. The van der Waals surface area contributed by atoms with E-state index in [-0.39, 0.29) is 39.4 Å². The molecule has 0 unspecified atom stereocenters. The second-order valence-electron chi connectivity index (χ2n) is 9.02. The van der Waals surface area contributed by atoms with Crippen molar-refractivity contribution in [3.8, 4) is 11.5 Å². The zero-order valence-corrected chi connectivity index (χ0v) is 20.2. The molecule has 0 aliphatic carbocycles. The molecule has 0 bridgehead atoms. The number of H-pyrrole nitrogens is 3. The first-order chi connectivity index (χ1) is 18.9. The zero-order chi connectivity index (χ0) is 27.1. The number of hydrogen-bond donors (Lipinski definition) is 5. The quantitative estimate of drug-likeness (QED) is 0.199. The molecule has 0 spiro atoms. The van der Waals surface area contributed by atoms with Gasteiger partial charge in [0.15, 0.2) is 22.9 Å². The van der Waals surface area contributed by atoms with Crippen LogP contribution in [0.5, 0.6) is 11.5 Å². The van der Waals surface area contributed by atoms with Gasteiger partial charge in [0.25, 0.3) is 5.56 Å².